The van der Waals surface area contributed by atoms with Crippen LogP contribution >= 0.6 is 11.3 Å². The van der Waals surface area contributed by atoms with Crippen LogP contribution in [0.4, 0.5) is 0 Å². The Hall–Kier alpha value is -2.81. The lowest BCUT2D eigenvalue weighted by molar-refractivity contribution is -0.154. The van der Waals surface area contributed by atoms with Gasteiger partial charge in [0, 0.05) is 21.8 Å². The summed E-state index contributed by atoms with van der Waals surface area (Å²) in [6.07, 6.45) is 0.561. The molecule has 1 amide bonds. The quantitative estimate of drug-likeness (QED) is 0.659. The second-order valence-corrected chi connectivity index (χ2v) is 6.87. The molecule has 0 unspecified atom stereocenters. The van der Waals surface area contributed by atoms with Crippen LogP contribution in [0.5, 0.6) is 0 Å². The van der Waals surface area contributed by atoms with Crippen molar-refractivity contribution in [1.29, 1.82) is 0 Å². The number of amides is 1. The number of aromatic nitrogens is 4. The molecule has 0 aliphatic rings. The number of nitrogens with zero attached hydrogens (tertiary/aromatic N) is 4. The molecule has 9 heteroatoms. The molecule has 0 aliphatic heterocycles. The van der Waals surface area contributed by atoms with E-state index < -0.39 is 12.1 Å². The van der Waals surface area contributed by atoms with E-state index in [9.17, 15) is 9.59 Å². The van der Waals surface area contributed by atoms with Gasteiger partial charge in [0.25, 0.3) is 11.7 Å². The average Bonchev–Trinajstić information content (AvgIpc) is 3.27. The topological polar surface area (TPSA) is 98.5 Å². The van der Waals surface area contributed by atoms with Crippen LogP contribution < -0.4 is 5.32 Å². The maximum absolute atomic E-state index is 12.3. The largest absolute Gasteiger partial charge is 0.452 e. The van der Waals surface area contributed by atoms with Gasteiger partial charge in [0.2, 0.25) is 0 Å². The summed E-state index contributed by atoms with van der Waals surface area (Å²) in [5.74, 6) is -0.334. The van der Waals surface area contributed by atoms with Crippen LogP contribution in [0, 0.1) is 13.8 Å². The van der Waals surface area contributed by atoms with Crippen LogP contribution in [-0.2, 0) is 27.3 Å². The number of rotatable bonds is 6. The fourth-order valence-corrected chi connectivity index (χ4v) is 3.22. The lowest BCUT2D eigenvalue weighted by Crippen LogP contribution is -2.35. The predicted molar refractivity (Wildman–Crippen MR) is 95.7 cm³/mol. The van der Waals surface area contributed by atoms with E-state index in [1.165, 1.54) is 6.33 Å². The molecule has 0 saturated carbocycles. The molecule has 0 bridgehead atoms. The number of carbonyl (C=O) groups is 2. The van der Waals surface area contributed by atoms with Crippen molar-refractivity contribution in [2.24, 2.45) is 0 Å². The van der Waals surface area contributed by atoms with Crippen LogP contribution in [0.15, 0.2) is 23.8 Å². The van der Waals surface area contributed by atoms with Gasteiger partial charge in [-0.25, -0.2) is 9.50 Å². The number of hydrogen-bond donors (Lipinski definition) is 1. The van der Waals surface area contributed by atoms with Crippen LogP contribution in [0.2, 0.25) is 0 Å². The van der Waals surface area contributed by atoms with E-state index in [0.29, 0.717) is 18.0 Å². The van der Waals surface area contributed by atoms with Crippen molar-refractivity contribution >= 4 is 29.0 Å². The van der Waals surface area contributed by atoms with Gasteiger partial charge in [-0.15, -0.1) is 11.3 Å². The SMILES string of the molecule is Cc1nc2ncnn2c(C)c1CC(=O)O[C@@H](C)C(=O)NCc1cccs1. The zero-order chi connectivity index (χ0) is 18.7. The number of hydrogen-bond acceptors (Lipinski definition) is 7. The lowest BCUT2D eigenvalue weighted by Gasteiger charge is -2.14. The van der Waals surface area contributed by atoms with Crippen molar-refractivity contribution in [3.8, 4) is 0 Å². The first-order valence-corrected chi connectivity index (χ1v) is 8.99. The smallest absolute Gasteiger partial charge is 0.311 e. The third kappa shape index (κ3) is 3.88. The molecule has 3 aromatic heterocycles. The third-order valence-corrected chi connectivity index (χ3v) is 4.88. The molecule has 3 rings (SSSR count). The Morgan fingerprint density at radius 3 is 2.92 bits per heavy atom. The van der Waals surface area contributed by atoms with E-state index in [1.807, 2.05) is 31.4 Å². The summed E-state index contributed by atoms with van der Waals surface area (Å²) >= 11 is 1.55. The highest BCUT2D eigenvalue weighted by molar-refractivity contribution is 7.09. The Morgan fingerprint density at radius 2 is 2.19 bits per heavy atom. The Bertz CT molecular complexity index is 935. The maximum atomic E-state index is 12.3. The fraction of sp³-hybridized carbons (Fsp3) is 0.353. The van der Waals surface area contributed by atoms with E-state index in [1.54, 1.807) is 22.8 Å². The normalized spacial score (nSPS) is 12.1. The van der Waals surface area contributed by atoms with Crippen molar-refractivity contribution in [3.05, 3.63) is 45.7 Å². The minimum atomic E-state index is -0.869. The molecule has 0 fully saturated rings. The summed E-state index contributed by atoms with van der Waals surface area (Å²) in [6.45, 7) is 5.63. The number of thiophene rings is 1. The summed E-state index contributed by atoms with van der Waals surface area (Å²) < 4.78 is 6.85. The number of esters is 1. The van der Waals surface area contributed by atoms with E-state index in [-0.39, 0.29) is 12.3 Å². The minimum absolute atomic E-state index is 0.0169. The highest BCUT2D eigenvalue weighted by Crippen LogP contribution is 2.14. The molecular weight excluding hydrogens is 354 g/mol. The van der Waals surface area contributed by atoms with Gasteiger partial charge in [-0.1, -0.05) is 6.07 Å². The van der Waals surface area contributed by atoms with Crippen molar-refractivity contribution in [1.82, 2.24) is 24.9 Å². The van der Waals surface area contributed by atoms with Gasteiger partial charge < -0.3 is 10.1 Å². The standard InChI is InChI=1S/C17H19N5O3S/c1-10-14(11(2)22-17(21-10)19-9-20-22)7-15(23)25-12(3)16(24)18-8-13-5-4-6-26-13/h4-6,9,12H,7-8H2,1-3H3,(H,18,24)/t12-/m0/s1. The summed E-state index contributed by atoms with van der Waals surface area (Å²) in [7, 11) is 0. The molecule has 3 aromatic rings. The molecule has 136 valence electrons. The highest BCUT2D eigenvalue weighted by atomic mass is 32.1. The minimum Gasteiger partial charge on any atom is -0.452 e. The summed E-state index contributed by atoms with van der Waals surface area (Å²) in [6, 6.07) is 3.85. The van der Waals surface area contributed by atoms with Gasteiger partial charge in [0.15, 0.2) is 6.10 Å². The number of ether oxygens (including phenoxy) is 1. The van der Waals surface area contributed by atoms with E-state index in [4.69, 9.17) is 4.74 Å². The Balaban J connectivity index is 1.60. The molecule has 1 atom stereocenters. The average molecular weight is 373 g/mol. The van der Waals surface area contributed by atoms with Gasteiger partial charge in [-0.05, 0) is 32.2 Å². The zero-order valence-corrected chi connectivity index (χ0v) is 15.5. The van der Waals surface area contributed by atoms with E-state index >= 15 is 0 Å². The second kappa shape index (κ2) is 7.61. The molecular formula is C17H19N5O3S. The number of carbonyl (C=O) groups excluding carboxylic acids is 2. The van der Waals surface area contributed by atoms with Crippen molar-refractivity contribution in [3.63, 3.8) is 0 Å². The van der Waals surface area contributed by atoms with Gasteiger partial charge in [-0.2, -0.15) is 10.1 Å². The van der Waals surface area contributed by atoms with Crippen molar-refractivity contribution < 1.29 is 14.3 Å². The maximum Gasteiger partial charge on any atom is 0.311 e. The van der Waals surface area contributed by atoms with E-state index in [0.717, 1.165) is 16.1 Å². The monoisotopic (exact) mass is 373 g/mol. The number of nitrogens with one attached hydrogen (secondary N) is 1. The fourth-order valence-electron chi connectivity index (χ4n) is 2.58. The molecule has 0 spiro atoms. The van der Waals surface area contributed by atoms with E-state index in [2.05, 4.69) is 20.4 Å². The second-order valence-electron chi connectivity index (χ2n) is 5.84. The zero-order valence-electron chi connectivity index (χ0n) is 14.7. The van der Waals surface area contributed by atoms with Crippen LogP contribution in [0.25, 0.3) is 5.78 Å². The molecule has 0 saturated heterocycles. The Morgan fingerprint density at radius 1 is 1.38 bits per heavy atom. The molecule has 1 N–H and O–H groups in total. The van der Waals surface area contributed by atoms with Gasteiger partial charge >= 0.3 is 5.97 Å². The predicted octanol–water partition coefficient (Wildman–Crippen LogP) is 1.59. The summed E-state index contributed by atoms with van der Waals surface area (Å²) in [5.41, 5.74) is 2.19. The van der Waals surface area contributed by atoms with Crippen LogP contribution in [0.3, 0.4) is 0 Å². The molecule has 8 nitrogen and oxygen atoms in total. The first-order chi connectivity index (χ1) is 12.5. The third-order valence-electron chi connectivity index (χ3n) is 4.00. The summed E-state index contributed by atoms with van der Waals surface area (Å²) in [4.78, 5) is 33.8. The van der Waals surface area contributed by atoms with Crippen LogP contribution in [-0.4, -0.2) is 37.6 Å². The van der Waals surface area contributed by atoms with Crippen molar-refractivity contribution in [2.45, 2.75) is 39.8 Å². The number of aryl methyl sites for hydroxylation is 2. The first-order valence-electron chi connectivity index (χ1n) is 8.11. The molecule has 0 radical (unpaired) electrons. The number of fused-ring (bicyclic) bond motifs is 1. The Kier molecular flexibility index (Phi) is 5.27. The Labute approximate surface area is 154 Å². The van der Waals surface area contributed by atoms with Crippen molar-refractivity contribution in [2.75, 3.05) is 0 Å². The van der Waals surface area contributed by atoms with Gasteiger partial charge in [0.1, 0.15) is 6.33 Å². The molecule has 0 aliphatic carbocycles. The summed E-state index contributed by atoms with van der Waals surface area (Å²) in [5, 5.41) is 8.79. The van der Waals surface area contributed by atoms with Gasteiger partial charge in [-0.3, -0.25) is 9.59 Å². The molecule has 0 aromatic carbocycles. The van der Waals surface area contributed by atoms with Crippen LogP contribution in [0.1, 0.15) is 28.8 Å². The first kappa shape index (κ1) is 18.0. The van der Waals surface area contributed by atoms with Gasteiger partial charge in [0.05, 0.1) is 13.0 Å². The lowest BCUT2D eigenvalue weighted by atomic mass is 10.1. The molecule has 26 heavy (non-hydrogen) atoms. The molecule has 3 heterocycles. The highest BCUT2D eigenvalue weighted by Gasteiger charge is 2.20.